The van der Waals surface area contributed by atoms with Crippen LogP contribution in [0.5, 0.6) is 0 Å². The van der Waals surface area contributed by atoms with Crippen LogP contribution >= 0.6 is 0 Å². The Bertz CT molecular complexity index is 276. The molecule has 0 saturated heterocycles. The second-order valence-corrected chi connectivity index (χ2v) is 2.44. The Morgan fingerprint density at radius 3 is 2.55 bits per heavy atom. The van der Waals surface area contributed by atoms with Crippen LogP contribution in [0.4, 0.5) is 5.69 Å². The van der Waals surface area contributed by atoms with E-state index < -0.39 is 0 Å². The minimum absolute atomic E-state index is 0.0241. The third-order valence-electron chi connectivity index (χ3n) is 1.38. The van der Waals surface area contributed by atoms with E-state index in [1.54, 1.807) is 18.2 Å². The minimum Gasteiger partial charge on any atom is -0.399 e. The molecule has 3 heteroatoms. The number of rotatable bonds is 1. The molecule has 0 aliphatic heterocycles. The highest BCUT2D eigenvalue weighted by molar-refractivity contribution is 6.33. The van der Waals surface area contributed by atoms with Crippen molar-refractivity contribution in [2.45, 2.75) is 6.92 Å². The summed E-state index contributed by atoms with van der Waals surface area (Å²) in [6.45, 7) is 1.48. The Kier molecular flexibility index (Phi) is 1.99. The number of nitrogens with two attached hydrogens (primary N) is 1. The van der Waals surface area contributed by atoms with Gasteiger partial charge >= 0.3 is 0 Å². The number of hydrogen-bond donors (Lipinski definition) is 1. The molecule has 0 amide bonds. The first kappa shape index (κ1) is 7.86. The number of hydrogen-bond acceptors (Lipinski definition) is 2. The van der Waals surface area contributed by atoms with E-state index in [1.165, 1.54) is 6.92 Å². The third kappa shape index (κ3) is 1.83. The van der Waals surface area contributed by atoms with Crippen molar-refractivity contribution in [3.05, 3.63) is 23.8 Å². The highest BCUT2D eigenvalue weighted by Gasteiger charge is 1.99. The van der Waals surface area contributed by atoms with Crippen LogP contribution < -0.4 is 11.2 Å². The monoisotopic (exact) mass is 145 g/mol. The van der Waals surface area contributed by atoms with E-state index in [0.717, 1.165) is 0 Å². The quantitative estimate of drug-likeness (QED) is 0.350. The normalized spacial score (nSPS) is 9.55. The maximum Gasteiger partial charge on any atom is 0.159 e. The van der Waals surface area contributed by atoms with E-state index >= 15 is 0 Å². The van der Waals surface area contributed by atoms with Gasteiger partial charge in [0.2, 0.25) is 0 Å². The van der Waals surface area contributed by atoms with Crippen molar-refractivity contribution < 1.29 is 4.79 Å². The molecule has 1 rings (SSSR count). The molecule has 1 aromatic carbocycles. The predicted octanol–water partition coefficient (Wildman–Crippen LogP) is 0.265. The molecule has 0 fully saturated rings. The number of anilines is 1. The molecule has 0 unspecified atom stereocenters. The average Bonchev–Trinajstić information content (AvgIpc) is 1.85. The molecule has 0 atom stereocenters. The molecule has 1 aromatic rings. The fourth-order valence-electron chi connectivity index (χ4n) is 0.880. The molecule has 2 N–H and O–H groups in total. The van der Waals surface area contributed by atoms with Gasteiger partial charge in [0, 0.05) is 11.3 Å². The van der Waals surface area contributed by atoms with E-state index in [9.17, 15) is 4.79 Å². The van der Waals surface area contributed by atoms with E-state index in [4.69, 9.17) is 13.6 Å². The Morgan fingerprint density at radius 2 is 2.09 bits per heavy atom. The van der Waals surface area contributed by atoms with Gasteiger partial charge in [0.15, 0.2) is 5.78 Å². The van der Waals surface area contributed by atoms with Gasteiger partial charge in [-0.05, 0) is 19.1 Å². The van der Waals surface area contributed by atoms with Crippen LogP contribution in [-0.4, -0.2) is 13.6 Å². The van der Waals surface area contributed by atoms with Crippen LogP contribution in [0.25, 0.3) is 0 Å². The molecular weight excluding hydrogens is 137 g/mol. The number of Topliss-reactive ketones (excluding diaryl/α,β-unsaturated/α-hetero) is 1. The van der Waals surface area contributed by atoms with Gasteiger partial charge in [-0.25, -0.2) is 0 Å². The summed E-state index contributed by atoms with van der Waals surface area (Å²) < 4.78 is 0. The summed E-state index contributed by atoms with van der Waals surface area (Å²) in [7, 11) is 5.46. The molecular formula is C8H8BNO. The van der Waals surface area contributed by atoms with Crippen LogP contribution in [0.15, 0.2) is 18.2 Å². The number of carbonyl (C=O) groups excluding carboxylic acids is 1. The highest BCUT2D eigenvalue weighted by atomic mass is 16.1. The topological polar surface area (TPSA) is 43.1 Å². The Balaban J connectivity index is 3.19. The van der Waals surface area contributed by atoms with E-state index in [0.29, 0.717) is 16.7 Å². The van der Waals surface area contributed by atoms with Gasteiger partial charge < -0.3 is 5.73 Å². The van der Waals surface area contributed by atoms with Crippen molar-refractivity contribution in [2.24, 2.45) is 0 Å². The van der Waals surface area contributed by atoms with Crippen molar-refractivity contribution in [1.82, 2.24) is 0 Å². The number of ketones is 1. The first-order chi connectivity index (χ1) is 5.09. The zero-order valence-electron chi connectivity index (χ0n) is 6.29. The number of nitrogen functional groups attached to an aromatic ring is 1. The summed E-state index contributed by atoms with van der Waals surface area (Å²) in [5.74, 6) is -0.0241. The lowest BCUT2D eigenvalue weighted by molar-refractivity contribution is 0.101. The molecule has 2 radical (unpaired) electrons. The molecule has 54 valence electrons. The summed E-state index contributed by atoms with van der Waals surface area (Å²) in [5.41, 5.74) is 7.07. The number of benzene rings is 1. The lowest BCUT2D eigenvalue weighted by Gasteiger charge is -2.00. The summed E-state index contributed by atoms with van der Waals surface area (Å²) in [4.78, 5) is 10.8. The molecule has 11 heavy (non-hydrogen) atoms. The van der Waals surface area contributed by atoms with Crippen molar-refractivity contribution >= 4 is 24.8 Å². The molecule has 2 nitrogen and oxygen atoms in total. The summed E-state index contributed by atoms with van der Waals surface area (Å²) in [5, 5.41) is 0. The average molecular weight is 145 g/mol. The first-order valence-electron chi connectivity index (χ1n) is 3.26. The fraction of sp³-hybridized carbons (Fsp3) is 0.125. The second-order valence-electron chi connectivity index (χ2n) is 2.44. The predicted molar refractivity (Wildman–Crippen MR) is 46.2 cm³/mol. The standard InChI is InChI=1S/C8H8BNO/c1-5(11)6-2-7(9)4-8(10)3-6/h2-4H,10H2,1H3. The summed E-state index contributed by atoms with van der Waals surface area (Å²) in [6, 6.07) is 4.84. The van der Waals surface area contributed by atoms with Crippen LogP contribution in [0.1, 0.15) is 17.3 Å². The molecule has 0 heterocycles. The van der Waals surface area contributed by atoms with Gasteiger partial charge in [0.25, 0.3) is 0 Å². The van der Waals surface area contributed by atoms with Crippen LogP contribution in [0, 0.1) is 0 Å². The van der Waals surface area contributed by atoms with Crippen molar-refractivity contribution in [2.75, 3.05) is 5.73 Å². The van der Waals surface area contributed by atoms with Crippen LogP contribution in [0.3, 0.4) is 0 Å². The third-order valence-corrected chi connectivity index (χ3v) is 1.38. The zero-order chi connectivity index (χ0) is 8.43. The van der Waals surface area contributed by atoms with Gasteiger partial charge in [0.1, 0.15) is 7.85 Å². The minimum atomic E-state index is -0.0241. The van der Waals surface area contributed by atoms with Crippen LogP contribution in [0.2, 0.25) is 0 Å². The molecule has 0 aliphatic carbocycles. The van der Waals surface area contributed by atoms with Gasteiger partial charge in [-0.15, -0.1) is 0 Å². The number of carbonyl (C=O) groups is 1. The lowest BCUT2D eigenvalue weighted by Crippen LogP contribution is -2.07. The van der Waals surface area contributed by atoms with Crippen molar-refractivity contribution in [3.63, 3.8) is 0 Å². The summed E-state index contributed by atoms with van der Waals surface area (Å²) >= 11 is 0. The van der Waals surface area contributed by atoms with Crippen molar-refractivity contribution in [3.8, 4) is 0 Å². The van der Waals surface area contributed by atoms with E-state index in [2.05, 4.69) is 0 Å². The smallest absolute Gasteiger partial charge is 0.159 e. The zero-order valence-corrected chi connectivity index (χ0v) is 6.29. The maximum atomic E-state index is 10.8. The van der Waals surface area contributed by atoms with E-state index in [1.807, 2.05) is 0 Å². The molecule has 0 aromatic heterocycles. The maximum absolute atomic E-state index is 10.8. The fourth-order valence-corrected chi connectivity index (χ4v) is 0.880. The largest absolute Gasteiger partial charge is 0.399 e. The molecule has 0 saturated carbocycles. The molecule has 0 spiro atoms. The van der Waals surface area contributed by atoms with Gasteiger partial charge in [-0.2, -0.15) is 0 Å². The highest BCUT2D eigenvalue weighted by Crippen LogP contribution is 2.04. The Labute approximate surface area is 66.8 Å². The Morgan fingerprint density at radius 1 is 1.45 bits per heavy atom. The molecule has 0 bridgehead atoms. The van der Waals surface area contributed by atoms with Gasteiger partial charge in [0.05, 0.1) is 0 Å². The second kappa shape index (κ2) is 2.78. The summed E-state index contributed by atoms with van der Waals surface area (Å²) in [6.07, 6.45) is 0. The van der Waals surface area contributed by atoms with Gasteiger partial charge in [-0.3, -0.25) is 4.79 Å². The van der Waals surface area contributed by atoms with Crippen LogP contribution in [-0.2, 0) is 0 Å². The molecule has 0 aliphatic rings. The first-order valence-corrected chi connectivity index (χ1v) is 3.26. The van der Waals surface area contributed by atoms with E-state index in [-0.39, 0.29) is 5.78 Å². The Hall–Kier alpha value is -1.25. The SMILES string of the molecule is [B]c1cc(N)cc(C(C)=O)c1. The van der Waals surface area contributed by atoms with Crippen molar-refractivity contribution in [1.29, 1.82) is 0 Å². The lowest BCUT2D eigenvalue weighted by atomic mass is 9.93. The van der Waals surface area contributed by atoms with Gasteiger partial charge in [-0.1, -0.05) is 11.5 Å².